The molecule has 0 atom stereocenters. The maximum absolute atomic E-state index is 11.9. The van der Waals surface area contributed by atoms with Crippen LogP contribution in [-0.2, 0) is 9.53 Å². The van der Waals surface area contributed by atoms with E-state index in [4.69, 9.17) is 4.74 Å². The molecule has 0 aromatic rings. The molecule has 19 heavy (non-hydrogen) atoms. The number of morpholine rings is 1. The maximum atomic E-state index is 11.9. The van der Waals surface area contributed by atoms with E-state index in [1.807, 2.05) is 0 Å². The molecule has 110 valence electrons. The monoisotopic (exact) mass is 268 g/mol. The predicted molar refractivity (Wildman–Crippen MR) is 76.1 cm³/mol. The lowest BCUT2D eigenvalue weighted by Gasteiger charge is -2.38. The van der Waals surface area contributed by atoms with Gasteiger partial charge in [-0.3, -0.25) is 9.69 Å². The van der Waals surface area contributed by atoms with Crippen LogP contribution in [0.5, 0.6) is 0 Å². The SMILES string of the molecule is CC1(C)CN(CCCNC(=O)C2CCCC2)CCO1. The molecular formula is C15H28N2O2. The Labute approximate surface area is 116 Å². The predicted octanol–water partition coefficient (Wildman–Crippen LogP) is 1.79. The van der Waals surface area contributed by atoms with E-state index in [0.29, 0.717) is 5.92 Å². The second-order valence-electron chi connectivity index (χ2n) is 6.51. The molecule has 0 radical (unpaired) electrons. The average Bonchev–Trinajstić information content (AvgIpc) is 2.87. The Bertz CT molecular complexity index is 299. The number of carbonyl (C=O) groups excluding carboxylic acids is 1. The molecule has 1 N–H and O–H groups in total. The number of amides is 1. The average molecular weight is 268 g/mol. The summed E-state index contributed by atoms with van der Waals surface area (Å²) in [4.78, 5) is 14.3. The summed E-state index contributed by atoms with van der Waals surface area (Å²) in [5, 5.41) is 3.09. The molecule has 1 aliphatic heterocycles. The number of ether oxygens (including phenoxy) is 1. The molecule has 1 saturated carbocycles. The Morgan fingerprint density at radius 1 is 1.37 bits per heavy atom. The summed E-state index contributed by atoms with van der Waals surface area (Å²) in [5.41, 5.74) is -0.0225. The van der Waals surface area contributed by atoms with Crippen LogP contribution < -0.4 is 5.32 Å². The van der Waals surface area contributed by atoms with Gasteiger partial charge in [0, 0.05) is 32.1 Å². The fourth-order valence-corrected chi connectivity index (χ4v) is 3.15. The van der Waals surface area contributed by atoms with E-state index in [1.54, 1.807) is 0 Å². The molecular weight excluding hydrogens is 240 g/mol. The molecule has 2 fully saturated rings. The van der Waals surface area contributed by atoms with Crippen molar-refractivity contribution in [2.24, 2.45) is 5.92 Å². The highest BCUT2D eigenvalue weighted by molar-refractivity contribution is 5.78. The number of carbonyl (C=O) groups is 1. The maximum Gasteiger partial charge on any atom is 0.223 e. The molecule has 1 saturated heterocycles. The standard InChI is InChI=1S/C15H28N2O2/c1-15(2)12-17(10-11-19-15)9-5-8-16-14(18)13-6-3-4-7-13/h13H,3-12H2,1-2H3,(H,16,18). The van der Waals surface area contributed by atoms with Gasteiger partial charge in [0.2, 0.25) is 5.91 Å². The van der Waals surface area contributed by atoms with Crippen LogP contribution >= 0.6 is 0 Å². The van der Waals surface area contributed by atoms with Crippen molar-refractivity contribution in [3.05, 3.63) is 0 Å². The molecule has 0 bridgehead atoms. The molecule has 0 unspecified atom stereocenters. The minimum Gasteiger partial charge on any atom is -0.373 e. The zero-order chi connectivity index (χ0) is 13.7. The third kappa shape index (κ3) is 4.77. The molecule has 1 heterocycles. The van der Waals surface area contributed by atoms with E-state index in [-0.39, 0.29) is 11.5 Å². The Hall–Kier alpha value is -0.610. The number of nitrogens with zero attached hydrogens (tertiary/aromatic N) is 1. The van der Waals surface area contributed by atoms with E-state index >= 15 is 0 Å². The summed E-state index contributed by atoms with van der Waals surface area (Å²) < 4.78 is 5.70. The first-order valence-corrected chi connectivity index (χ1v) is 7.71. The van der Waals surface area contributed by atoms with Crippen molar-refractivity contribution in [1.82, 2.24) is 10.2 Å². The fraction of sp³-hybridized carbons (Fsp3) is 0.933. The second-order valence-corrected chi connectivity index (χ2v) is 6.51. The molecule has 1 amide bonds. The van der Waals surface area contributed by atoms with E-state index in [1.165, 1.54) is 12.8 Å². The van der Waals surface area contributed by atoms with Gasteiger partial charge in [-0.25, -0.2) is 0 Å². The minimum absolute atomic E-state index is 0.0225. The lowest BCUT2D eigenvalue weighted by atomic mass is 10.1. The third-order valence-electron chi connectivity index (χ3n) is 4.18. The summed E-state index contributed by atoms with van der Waals surface area (Å²) in [6.45, 7) is 8.97. The summed E-state index contributed by atoms with van der Waals surface area (Å²) in [5.74, 6) is 0.571. The highest BCUT2D eigenvalue weighted by Crippen LogP contribution is 2.24. The van der Waals surface area contributed by atoms with Crippen molar-refractivity contribution < 1.29 is 9.53 Å². The van der Waals surface area contributed by atoms with Gasteiger partial charge in [0.1, 0.15) is 0 Å². The van der Waals surface area contributed by atoms with Gasteiger partial charge < -0.3 is 10.1 Å². The number of nitrogens with one attached hydrogen (secondary N) is 1. The minimum atomic E-state index is -0.0225. The van der Waals surface area contributed by atoms with Crippen LogP contribution in [0.4, 0.5) is 0 Å². The summed E-state index contributed by atoms with van der Waals surface area (Å²) in [6.07, 6.45) is 5.66. The molecule has 4 heteroatoms. The Morgan fingerprint density at radius 3 is 2.79 bits per heavy atom. The van der Waals surface area contributed by atoms with Crippen molar-refractivity contribution in [1.29, 1.82) is 0 Å². The number of hydrogen-bond acceptors (Lipinski definition) is 3. The van der Waals surface area contributed by atoms with Crippen LogP contribution in [0.15, 0.2) is 0 Å². The lowest BCUT2D eigenvalue weighted by Crippen LogP contribution is -2.48. The molecule has 1 aliphatic carbocycles. The second kappa shape index (κ2) is 6.71. The molecule has 4 nitrogen and oxygen atoms in total. The lowest BCUT2D eigenvalue weighted by molar-refractivity contribution is -0.124. The van der Waals surface area contributed by atoms with Crippen LogP contribution in [0.1, 0.15) is 46.0 Å². The first-order valence-electron chi connectivity index (χ1n) is 7.71. The van der Waals surface area contributed by atoms with Gasteiger partial charge in [-0.2, -0.15) is 0 Å². The van der Waals surface area contributed by atoms with Crippen molar-refractivity contribution in [3.63, 3.8) is 0 Å². The molecule has 0 aromatic heterocycles. The topological polar surface area (TPSA) is 41.6 Å². The van der Waals surface area contributed by atoms with E-state index in [9.17, 15) is 4.79 Å². The summed E-state index contributed by atoms with van der Waals surface area (Å²) in [7, 11) is 0. The van der Waals surface area contributed by atoms with Crippen LogP contribution in [0, 0.1) is 5.92 Å². The molecule has 2 rings (SSSR count). The summed E-state index contributed by atoms with van der Waals surface area (Å²) in [6, 6.07) is 0. The van der Waals surface area contributed by atoms with Crippen LogP contribution in [0.2, 0.25) is 0 Å². The van der Waals surface area contributed by atoms with Crippen molar-refractivity contribution >= 4 is 5.91 Å². The highest BCUT2D eigenvalue weighted by Gasteiger charge is 2.26. The van der Waals surface area contributed by atoms with Gasteiger partial charge >= 0.3 is 0 Å². The molecule has 0 aromatic carbocycles. The zero-order valence-corrected chi connectivity index (χ0v) is 12.4. The largest absolute Gasteiger partial charge is 0.373 e. The van der Waals surface area contributed by atoms with Gasteiger partial charge in [-0.15, -0.1) is 0 Å². The van der Waals surface area contributed by atoms with Crippen LogP contribution in [0.3, 0.4) is 0 Å². The summed E-state index contributed by atoms with van der Waals surface area (Å²) >= 11 is 0. The zero-order valence-electron chi connectivity index (χ0n) is 12.4. The van der Waals surface area contributed by atoms with Crippen LogP contribution in [-0.4, -0.2) is 49.2 Å². The van der Waals surface area contributed by atoms with Gasteiger partial charge in [0.05, 0.1) is 12.2 Å². The van der Waals surface area contributed by atoms with Gasteiger partial charge in [0.15, 0.2) is 0 Å². The van der Waals surface area contributed by atoms with Crippen molar-refractivity contribution in [2.45, 2.75) is 51.6 Å². The highest BCUT2D eigenvalue weighted by atomic mass is 16.5. The molecule has 2 aliphatic rings. The number of rotatable bonds is 5. The van der Waals surface area contributed by atoms with E-state index < -0.39 is 0 Å². The first kappa shape index (κ1) is 14.8. The van der Waals surface area contributed by atoms with Gasteiger partial charge in [-0.1, -0.05) is 12.8 Å². The van der Waals surface area contributed by atoms with E-state index in [2.05, 4.69) is 24.1 Å². The van der Waals surface area contributed by atoms with Crippen molar-refractivity contribution in [3.8, 4) is 0 Å². The van der Waals surface area contributed by atoms with Gasteiger partial charge in [-0.05, 0) is 33.1 Å². The number of hydrogen-bond donors (Lipinski definition) is 1. The Morgan fingerprint density at radius 2 is 2.11 bits per heavy atom. The quantitative estimate of drug-likeness (QED) is 0.773. The smallest absolute Gasteiger partial charge is 0.223 e. The van der Waals surface area contributed by atoms with Crippen LogP contribution in [0.25, 0.3) is 0 Å². The Balaban J connectivity index is 1.57. The first-order chi connectivity index (χ1) is 9.07. The Kier molecular flexibility index (Phi) is 5.22. The molecule has 0 spiro atoms. The van der Waals surface area contributed by atoms with Crippen molar-refractivity contribution in [2.75, 3.05) is 32.8 Å². The normalized spacial score (nSPS) is 24.5. The van der Waals surface area contributed by atoms with E-state index in [0.717, 1.165) is 52.0 Å². The third-order valence-corrected chi connectivity index (χ3v) is 4.18. The van der Waals surface area contributed by atoms with Gasteiger partial charge in [0.25, 0.3) is 0 Å². The fourth-order valence-electron chi connectivity index (χ4n) is 3.15.